The van der Waals surface area contributed by atoms with Crippen molar-refractivity contribution < 1.29 is 4.79 Å². The first-order chi connectivity index (χ1) is 8.68. The van der Waals surface area contributed by atoms with Crippen molar-refractivity contribution in [2.75, 3.05) is 13.1 Å². The molecule has 0 atom stereocenters. The third kappa shape index (κ3) is 2.64. The average molecular weight is 245 g/mol. The van der Waals surface area contributed by atoms with Crippen LogP contribution in [0.25, 0.3) is 0 Å². The molecule has 0 unspecified atom stereocenters. The molecule has 1 N–H and O–H groups in total. The molecule has 0 aromatic heterocycles. The van der Waals surface area contributed by atoms with Crippen molar-refractivity contribution in [2.24, 2.45) is 5.41 Å². The van der Waals surface area contributed by atoms with Gasteiger partial charge in [0, 0.05) is 11.8 Å². The summed E-state index contributed by atoms with van der Waals surface area (Å²) in [5.74, 6) is 0.431. The molecule has 0 saturated carbocycles. The molecule has 0 aliphatic carbocycles. The van der Waals surface area contributed by atoms with E-state index in [-0.39, 0.29) is 5.41 Å². The summed E-state index contributed by atoms with van der Waals surface area (Å²) in [6, 6.07) is 8.22. The zero-order valence-corrected chi connectivity index (χ0v) is 11.5. The lowest BCUT2D eigenvalue weighted by Crippen LogP contribution is -2.42. The SMILES string of the molecule is CCC1(C(=O)Cc2ccccc2C)CCNCC1. The van der Waals surface area contributed by atoms with E-state index in [4.69, 9.17) is 0 Å². The minimum atomic E-state index is -0.0759. The smallest absolute Gasteiger partial charge is 0.143 e. The quantitative estimate of drug-likeness (QED) is 0.883. The van der Waals surface area contributed by atoms with Gasteiger partial charge in [0.2, 0.25) is 0 Å². The van der Waals surface area contributed by atoms with Crippen LogP contribution < -0.4 is 5.32 Å². The Morgan fingerprint density at radius 3 is 2.56 bits per heavy atom. The molecule has 1 saturated heterocycles. The number of ketones is 1. The van der Waals surface area contributed by atoms with E-state index in [1.165, 1.54) is 11.1 Å². The minimum absolute atomic E-state index is 0.0759. The summed E-state index contributed by atoms with van der Waals surface area (Å²) in [5, 5.41) is 3.35. The summed E-state index contributed by atoms with van der Waals surface area (Å²) in [6.45, 7) is 6.20. The van der Waals surface area contributed by atoms with Crippen LogP contribution in [0, 0.1) is 12.3 Å². The standard InChI is InChI=1S/C16H23NO/c1-3-16(8-10-17-11-9-16)15(18)12-14-7-5-4-6-13(14)2/h4-7,17H,3,8-12H2,1-2H3. The van der Waals surface area contributed by atoms with Crippen molar-refractivity contribution >= 4 is 5.78 Å². The monoisotopic (exact) mass is 245 g/mol. The molecule has 0 spiro atoms. The second-order valence-corrected chi connectivity index (χ2v) is 5.41. The summed E-state index contributed by atoms with van der Waals surface area (Å²) in [5.41, 5.74) is 2.34. The molecule has 1 aromatic rings. The van der Waals surface area contributed by atoms with Crippen molar-refractivity contribution in [3.05, 3.63) is 35.4 Å². The Hall–Kier alpha value is -1.15. The normalized spacial score (nSPS) is 18.6. The number of hydrogen-bond donors (Lipinski definition) is 1. The van der Waals surface area contributed by atoms with Gasteiger partial charge in [-0.2, -0.15) is 0 Å². The van der Waals surface area contributed by atoms with E-state index in [1.807, 2.05) is 12.1 Å². The molecule has 0 amide bonds. The number of carbonyl (C=O) groups excluding carboxylic acids is 1. The fourth-order valence-corrected chi connectivity index (χ4v) is 2.90. The van der Waals surface area contributed by atoms with Crippen LogP contribution in [0.2, 0.25) is 0 Å². The first kappa shape index (κ1) is 13.3. The number of benzene rings is 1. The van der Waals surface area contributed by atoms with Gasteiger partial charge in [-0.1, -0.05) is 31.2 Å². The molecule has 2 rings (SSSR count). The van der Waals surface area contributed by atoms with E-state index in [2.05, 4.69) is 31.3 Å². The highest BCUT2D eigenvalue weighted by Gasteiger charge is 2.37. The predicted molar refractivity (Wildman–Crippen MR) is 74.7 cm³/mol. The van der Waals surface area contributed by atoms with E-state index in [1.54, 1.807) is 0 Å². The van der Waals surface area contributed by atoms with Crippen molar-refractivity contribution in [2.45, 2.75) is 39.5 Å². The van der Waals surface area contributed by atoms with Gasteiger partial charge in [0.15, 0.2) is 0 Å². The Balaban J connectivity index is 2.13. The molecule has 18 heavy (non-hydrogen) atoms. The van der Waals surface area contributed by atoms with Gasteiger partial charge in [0.1, 0.15) is 5.78 Å². The van der Waals surface area contributed by atoms with Crippen LogP contribution in [0.3, 0.4) is 0 Å². The Morgan fingerprint density at radius 1 is 1.28 bits per heavy atom. The first-order valence-electron chi connectivity index (χ1n) is 6.96. The molecular formula is C16H23NO. The maximum Gasteiger partial charge on any atom is 0.143 e. The second-order valence-electron chi connectivity index (χ2n) is 5.41. The maximum atomic E-state index is 12.6. The van der Waals surface area contributed by atoms with Crippen molar-refractivity contribution in [3.8, 4) is 0 Å². The van der Waals surface area contributed by atoms with Gasteiger partial charge in [0.05, 0.1) is 0 Å². The Labute approximate surface area is 110 Å². The highest BCUT2D eigenvalue weighted by molar-refractivity contribution is 5.87. The highest BCUT2D eigenvalue weighted by atomic mass is 16.1. The topological polar surface area (TPSA) is 29.1 Å². The second kappa shape index (κ2) is 5.66. The van der Waals surface area contributed by atoms with Crippen LogP contribution in [-0.2, 0) is 11.2 Å². The largest absolute Gasteiger partial charge is 0.317 e. The molecule has 1 fully saturated rings. The molecule has 98 valence electrons. The van der Waals surface area contributed by atoms with Gasteiger partial charge in [-0.3, -0.25) is 4.79 Å². The molecular weight excluding hydrogens is 222 g/mol. The predicted octanol–water partition coefficient (Wildman–Crippen LogP) is 2.89. The third-order valence-corrected chi connectivity index (χ3v) is 4.44. The van der Waals surface area contributed by atoms with Gasteiger partial charge in [-0.05, 0) is 50.4 Å². The zero-order chi connectivity index (χ0) is 13.0. The fourth-order valence-electron chi connectivity index (χ4n) is 2.90. The van der Waals surface area contributed by atoms with E-state index in [0.29, 0.717) is 12.2 Å². The molecule has 0 bridgehead atoms. The Morgan fingerprint density at radius 2 is 1.94 bits per heavy atom. The van der Waals surface area contributed by atoms with Crippen LogP contribution in [0.5, 0.6) is 0 Å². The van der Waals surface area contributed by atoms with E-state index in [0.717, 1.165) is 32.4 Å². The number of carbonyl (C=O) groups is 1. The molecule has 2 nitrogen and oxygen atoms in total. The summed E-state index contributed by atoms with van der Waals surface area (Å²) in [6.07, 6.45) is 3.56. The molecule has 2 heteroatoms. The Bertz CT molecular complexity index is 419. The molecule has 1 aliphatic heterocycles. The van der Waals surface area contributed by atoms with Crippen LogP contribution in [0.4, 0.5) is 0 Å². The lowest BCUT2D eigenvalue weighted by atomic mass is 9.71. The maximum absolute atomic E-state index is 12.6. The van der Waals surface area contributed by atoms with Crippen LogP contribution >= 0.6 is 0 Å². The fraction of sp³-hybridized carbons (Fsp3) is 0.562. The van der Waals surface area contributed by atoms with Crippen molar-refractivity contribution in [1.29, 1.82) is 0 Å². The van der Waals surface area contributed by atoms with Gasteiger partial charge in [0.25, 0.3) is 0 Å². The molecule has 1 aliphatic rings. The third-order valence-electron chi connectivity index (χ3n) is 4.44. The van der Waals surface area contributed by atoms with E-state index in [9.17, 15) is 4.79 Å². The van der Waals surface area contributed by atoms with Crippen LogP contribution in [0.1, 0.15) is 37.3 Å². The van der Waals surface area contributed by atoms with E-state index >= 15 is 0 Å². The number of piperidine rings is 1. The minimum Gasteiger partial charge on any atom is -0.317 e. The lowest BCUT2D eigenvalue weighted by molar-refractivity contribution is -0.129. The number of nitrogens with one attached hydrogen (secondary N) is 1. The van der Waals surface area contributed by atoms with E-state index < -0.39 is 0 Å². The van der Waals surface area contributed by atoms with Crippen molar-refractivity contribution in [1.82, 2.24) is 5.32 Å². The van der Waals surface area contributed by atoms with Gasteiger partial charge < -0.3 is 5.32 Å². The molecule has 1 heterocycles. The summed E-state index contributed by atoms with van der Waals surface area (Å²) < 4.78 is 0. The van der Waals surface area contributed by atoms with Gasteiger partial charge >= 0.3 is 0 Å². The van der Waals surface area contributed by atoms with Gasteiger partial charge in [-0.25, -0.2) is 0 Å². The lowest BCUT2D eigenvalue weighted by Gasteiger charge is -2.35. The van der Waals surface area contributed by atoms with Crippen molar-refractivity contribution in [3.63, 3.8) is 0 Å². The van der Waals surface area contributed by atoms with Crippen LogP contribution in [-0.4, -0.2) is 18.9 Å². The van der Waals surface area contributed by atoms with Gasteiger partial charge in [-0.15, -0.1) is 0 Å². The molecule has 0 radical (unpaired) electrons. The number of hydrogen-bond acceptors (Lipinski definition) is 2. The average Bonchev–Trinajstić information content (AvgIpc) is 2.42. The molecule has 1 aromatic carbocycles. The van der Waals surface area contributed by atoms with Crippen LogP contribution in [0.15, 0.2) is 24.3 Å². The summed E-state index contributed by atoms with van der Waals surface area (Å²) >= 11 is 0. The first-order valence-corrected chi connectivity index (χ1v) is 6.96. The summed E-state index contributed by atoms with van der Waals surface area (Å²) in [7, 11) is 0. The highest BCUT2D eigenvalue weighted by Crippen LogP contribution is 2.34. The Kier molecular flexibility index (Phi) is 4.18. The number of aryl methyl sites for hydroxylation is 1. The number of rotatable bonds is 4. The summed E-state index contributed by atoms with van der Waals surface area (Å²) in [4.78, 5) is 12.6. The number of Topliss-reactive ketones (excluding diaryl/α,β-unsaturated/α-hetero) is 1. The zero-order valence-electron chi connectivity index (χ0n) is 11.5.